The number of amides is 2. The lowest BCUT2D eigenvalue weighted by Crippen LogP contribution is -2.41. The quantitative estimate of drug-likeness (QED) is 0.590. The fourth-order valence-corrected chi connectivity index (χ4v) is 1.73. The van der Waals surface area contributed by atoms with E-state index in [-0.39, 0.29) is 16.3 Å². The molecule has 0 unspecified atom stereocenters. The highest BCUT2D eigenvalue weighted by molar-refractivity contribution is 6.31. The highest BCUT2D eigenvalue weighted by atomic mass is 35.5. The molecule has 1 heterocycles. The highest BCUT2D eigenvalue weighted by Gasteiger charge is 2.21. The largest absolute Gasteiger partial charge is 0.357 e. The highest BCUT2D eigenvalue weighted by Crippen LogP contribution is 2.22. The molecule has 0 atom stereocenters. The van der Waals surface area contributed by atoms with Crippen molar-refractivity contribution in [2.45, 2.75) is 0 Å². The minimum atomic E-state index is -0.821. The van der Waals surface area contributed by atoms with Crippen LogP contribution in [0.3, 0.4) is 0 Å². The number of nitrogens with one attached hydrogen (secondary N) is 3. The number of benzene rings is 1. The molecule has 1 aromatic carbocycles. The van der Waals surface area contributed by atoms with Crippen LogP contribution in [-0.2, 0) is 0 Å². The predicted molar refractivity (Wildman–Crippen MR) is 73.8 cm³/mol. The van der Waals surface area contributed by atoms with E-state index in [4.69, 9.17) is 11.6 Å². The standard InChI is InChI=1S/C12H9ClN4O4/c13-7-3-4-8(10(6-7)17(20)21)11(18)15-16-12(19)9-2-1-5-14-9/h1-6,14H,(H,15,18)(H,16,19). The summed E-state index contributed by atoms with van der Waals surface area (Å²) in [5.41, 5.74) is 3.81. The fourth-order valence-electron chi connectivity index (χ4n) is 1.57. The number of hydrogen-bond acceptors (Lipinski definition) is 4. The van der Waals surface area contributed by atoms with Gasteiger partial charge in [0.05, 0.1) is 4.92 Å². The Morgan fingerprint density at radius 1 is 1.19 bits per heavy atom. The van der Waals surface area contributed by atoms with Crippen molar-refractivity contribution in [3.63, 3.8) is 0 Å². The summed E-state index contributed by atoms with van der Waals surface area (Å²) in [5, 5.41) is 11.0. The maximum atomic E-state index is 11.9. The van der Waals surface area contributed by atoms with Crippen molar-refractivity contribution in [3.8, 4) is 0 Å². The topological polar surface area (TPSA) is 117 Å². The van der Waals surface area contributed by atoms with Crippen LogP contribution in [0.2, 0.25) is 5.02 Å². The molecule has 2 rings (SSSR count). The number of nitro groups is 1. The van der Waals surface area contributed by atoms with E-state index in [9.17, 15) is 19.7 Å². The number of aromatic amines is 1. The molecule has 0 saturated heterocycles. The Balaban J connectivity index is 2.10. The lowest BCUT2D eigenvalue weighted by atomic mass is 10.2. The van der Waals surface area contributed by atoms with E-state index in [1.54, 1.807) is 12.3 Å². The first-order chi connectivity index (χ1) is 9.99. The zero-order chi connectivity index (χ0) is 15.4. The van der Waals surface area contributed by atoms with Crippen LogP contribution in [0.25, 0.3) is 0 Å². The molecular formula is C12H9ClN4O4. The minimum Gasteiger partial charge on any atom is -0.357 e. The lowest BCUT2D eigenvalue weighted by molar-refractivity contribution is -0.385. The molecule has 108 valence electrons. The summed E-state index contributed by atoms with van der Waals surface area (Å²) >= 11 is 5.65. The second kappa shape index (κ2) is 6.06. The second-order valence-electron chi connectivity index (χ2n) is 3.91. The van der Waals surface area contributed by atoms with Crippen molar-refractivity contribution < 1.29 is 14.5 Å². The number of carbonyl (C=O) groups excluding carboxylic acids is 2. The molecule has 0 aliphatic heterocycles. The molecular weight excluding hydrogens is 300 g/mol. The average Bonchev–Trinajstić information content (AvgIpc) is 2.98. The third-order valence-electron chi connectivity index (χ3n) is 2.53. The molecule has 0 aliphatic rings. The summed E-state index contributed by atoms with van der Waals surface area (Å²) in [6.07, 6.45) is 1.54. The molecule has 3 N–H and O–H groups in total. The number of carbonyl (C=O) groups is 2. The Morgan fingerprint density at radius 3 is 2.52 bits per heavy atom. The molecule has 9 heteroatoms. The first-order valence-corrected chi connectivity index (χ1v) is 6.05. The first kappa shape index (κ1) is 14.5. The summed E-state index contributed by atoms with van der Waals surface area (Å²) in [7, 11) is 0. The number of halogens is 1. The SMILES string of the molecule is O=C(NNC(=O)c1ccc(Cl)cc1[N+](=O)[O-])c1ccc[nH]1. The van der Waals surface area contributed by atoms with Crippen molar-refractivity contribution in [3.05, 3.63) is 62.9 Å². The van der Waals surface area contributed by atoms with Gasteiger partial charge in [0.2, 0.25) is 0 Å². The molecule has 8 nitrogen and oxygen atoms in total. The van der Waals surface area contributed by atoms with E-state index >= 15 is 0 Å². The number of rotatable bonds is 3. The number of hydrazine groups is 1. The number of nitrogens with zero attached hydrogens (tertiary/aromatic N) is 1. The van der Waals surface area contributed by atoms with Gasteiger partial charge in [0.15, 0.2) is 0 Å². The van der Waals surface area contributed by atoms with Gasteiger partial charge in [-0.15, -0.1) is 0 Å². The van der Waals surface area contributed by atoms with Crippen LogP contribution in [0.4, 0.5) is 5.69 Å². The summed E-state index contributed by atoms with van der Waals surface area (Å²) in [6, 6.07) is 6.73. The summed E-state index contributed by atoms with van der Waals surface area (Å²) < 4.78 is 0. The molecule has 0 aliphatic carbocycles. The van der Waals surface area contributed by atoms with Gasteiger partial charge in [0.1, 0.15) is 11.3 Å². The Morgan fingerprint density at radius 2 is 1.90 bits per heavy atom. The molecule has 2 amide bonds. The van der Waals surface area contributed by atoms with Gasteiger partial charge in [-0.2, -0.15) is 0 Å². The van der Waals surface area contributed by atoms with E-state index in [2.05, 4.69) is 15.8 Å². The van der Waals surface area contributed by atoms with Crippen LogP contribution in [0.5, 0.6) is 0 Å². The molecule has 21 heavy (non-hydrogen) atoms. The zero-order valence-corrected chi connectivity index (χ0v) is 11.2. The van der Waals surface area contributed by atoms with Gasteiger partial charge in [0, 0.05) is 17.3 Å². The van der Waals surface area contributed by atoms with Gasteiger partial charge >= 0.3 is 0 Å². The summed E-state index contributed by atoms with van der Waals surface area (Å²) in [5.74, 6) is -1.40. The Labute approximate surface area is 123 Å². The van der Waals surface area contributed by atoms with E-state index in [0.29, 0.717) is 0 Å². The lowest BCUT2D eigenvalue weighted by Gasteiger charge is -2.07. The molecule has 1 aromatic heterocycles. The van der Waals surface area contributed by atoms with E-state index < -0.39 is 22.4 Å². The van der Waals surface area contributed by atoms with E-state index in [0.717, 1.165) is 6.07 Å². The van der Waals surface area contributed by atoms with Gasteiger partial charge in [-0.05, 0) is 24.3 Å². The van der Waals surface area contributed by atoms with Crippen LogP contribution in [-0.4, -0.2) is 21.7 Å². The van der Waals surface area contributed by atoms with Crippen LogP contribution in [0, 0.1) is 10.1 Å². The van der Waals surface area contributed by atoms with Crippen molar-refractivity contribution in [2.24, 2.45) is 0 Å². The third kappa shape index (κ3) is 3.37. The monoisotopic (exact) mass is 308 g/mol. The smallest absolute Gasteiger partial charge is 0.286 e. The Hall–Kier alpha value is -2.87. The number of H-pyrrole nitrogens is 1. The van der Waals surface area contributed by atoms with Crippen LogP contribution >= 0.6 is 11.6 Å². The van der Waals surface area contributed by atoms with Crippen molar-refractivity contribution in [2.75, 3.05) is 0 Å². The van der Waals surface area contributed by atoms with Crippen LogP contribution in [0.1, 0.15) is 20.8 Å². The predicted octanol–water partition coefficient (Wildman–Crippen LogP) is 1.65. The van der Waals surface area contributed by atoms with Crippen molar-refractivity contribution >= 4 is 29.1 Å². The molecule has 0 bridgehead atoms. The van der Waals surface area contributed by atoms with Crippen LogP contribution in [0.15, 0.2) is 36.5 Å². The van der Waals surface area contributed by atoms with E-state index in [1.165, 1.54) is 18.2 Å². The number of hydrogen-bond donors (Lipinski definition) is 3. The Bertz CT molecular complexity index is 699. The summed E-state index contributed by atoms with van der Waals surface area (Å²) in [4.78, 5) is 36.3. The van der Waals surface area contributed by atoms with Crippen molar-refractivity contribution in [1.29, 1.82) is 0 Å². The van der Waals surface area contributed by atoms with Gasteiger partial charge < -0.3 is 4.98 Å². The maximum Gasteiger partial charge on any atom is 0.286 e. The molecule has 2 aromatic rings. The van der Waals surface area contributed by atoms with Gasteiger partial charge in [-0.1, -0.05) is 11.6 Å². The van der Waals surface area contributed by atoms with Crippen LogP contribution < -0.4 is 10.9 Å². The number of aromatic nitrogens is 1. The molecule has 0 radical (unpaired) electrons. The van der Waals surface area contributed by atoms with E-state index in [1.807, 2.05) is 0 Å². The Kier molecular flexibility index (Phi) is 4.19. The average molecular weight is 309 g/mol. The van der Waals surface area contributed by atoms with Gasteiger partial charge in [0.25, 0.3) is 17.5 Å². The number of nitro benzene ring substituents is 1. The third-order valence-corrected chi connectivity index (χ3v) is 2.77. The van der Waals surface area contributed by atoms with Gasteiger partial charge in [-0.25, -0.2) is 0 Å². The molecule has 0 fully saturated rings. The summed E-state index contributed by atoms with van der Waals surface area (Å²) in [6.45, 7) is 0. The minimum absolute atomic E-state index is 0.133. The molecule has 0 spiro atoms. The van der Waals surface area contributed by atoms with Gasteiger partial charge in [-0.3, -0.25) is 30.6 Å². The van der Waals surface area contributed by atoms with Crippen molar-refractivity contribution in [1.82, 2.24) is 15.8 Å². The normalized spacial score (nSPS) is 9.95. The molecule has 0 saturated carbocycles. The zero-order valence-electron chi connectivity index (χ0n) is 10.4. The first-order valence-electron chi connectivity index (χ1n) is 5.67. The maximum absolute atomic E-state index is 11.9. The fraction of sp³-hybridized carbons (Fsp3) is 0. The second-order valence-corrected chi connectivity index (χ2v) is 4.35.